The molecule has 3 aromatic rings. The molecule has 2 amide bonds. The molecule has 0 radical (unpaired) electrons. The van der Waals surface area contributed by atoms with Crippen molar-refractivity contribution in [1.82, 2.24) is 10.2 Å². The van der Waals surface area contributed by atoms with Gasteiger partial charge in [0.05, 0.1) is 4.90 Å². The van der Waals surface area contributed by atoms with Crippen LogP contribution in [0.1, 0.15) is 52.0 Å². The summed E-state index contributed by atoms with van der Waals surface area (Å²) >= 11 is 0. The van der Waals surface area contributed by atoms with Gasteiger partial charge >= 0.3 is 0 Å². The van der Waals surface area contributed by atoms with Crippen LogP contribution in [0, 0.1) is 0 Å². The molecule has 35 heavy (non-hydrogen) atoms. The zero-order chi connectivity index (χ0) is 24.4. The van der Waals surface area contributed by atoms with Crippen LogP contribution < -0.4 is 10.0 Å². The molecule has 0 aromatic heterocycles. The van der Waals surface area contributed by atoms with Crippen molar-refractivity contribution in [3.8, 4) is 0 Å². The second-order valence-electron chi connectivity index (χ2n) is 9.11. The van der Waals surface area contributed by atoms with Crippen molar-refractivity contribution < 1.29 is 18.0 Å². The van der Waals surface area contributed by atoms with Crippen molar-refractivity contribution >= 4 is 27.5 Å². The smallest absolute Gasteiger partial charge is 0.261 e. The third-order valence-corrected chi connectivity index (χ3v) is 7.54. The molecule has 0 atom stereocenters. The lowest BCUT2D eigenvalue weighted by molar-refractivity contribution is 0.0729. The third-order valence-electron chi connectivity index (χ3n) is 6.15. The maximum absolute atomic E-state index is 13.4. The highest BCUT2D eigenvalue weighted by Gasteiger charge is 2.33. The predicted octanol–water partition coefficient (Wildman–Crippen LogP) is 4.18. The van der Waals surface area contributed by atoms with Gasteiger partial charge in [0.1, 0.15) is 0 Å². The summed E-state index contributed by atoms with van der Waals surface area (Å²) in [5.74, 6) is -0.215. The van der Waals surface area contributed by atoms with E-state index in [1.54, 1.807) is 54.6 Å². The van der Waals surface area contributed by atoms with E-state index in [4.69, 9.17) is 0 Å². The van der Waals surface area contributed by atoms with E-state index in [9.17, 15) is 18.0 Å². The molecule has 7 nitrogen and oxygen atoms in total. The maximum Gasteiger partial charge on any atom is 0.261 e. The Balaban J connectivity index is 1.29. The molecule has 5 rings (SSSR count). The Kier molecular flexibility index (Phi) is 6.30. The fourth-order valence-corrected chi connectivity index (χ4v) is 4.97. The van der Waals surface area contributed by atoms with E-state index in [1.165, 1.54) is 12.1 Å². The van der Waals surface area contributed by atoms with E-state index in [2.05, 4.69) is 10.0 Å². The zero-order valence-electron chi connectivity index (χ0n) is 19.2. The number of sulfonamides is 1. The molecule has 2 aliphatic carbocycles. The van der Waals surface area contributed by atoms with Crippen LogP contribution in [0.15, 0.2) is 83.8 Å². The van der Waals surface area contributed by atoms with Crippen molar-refractivity contribution in [2.24, 2.45) is 0 Å². The topological polar surface area (TPSA) is 95.6 Å². The summed E-state index contributed by atoms with van der Waals surface area (Å²) in [6.07, 6.45) is 3.95. The van der Waals surface area contributed by atoms with Crippen LogP contribution >= 0.6 is 0 Å². The lowest BCUT2D eigenvalue weighted by Crippen LogP contribution is -2.32. The van der Waals surface area contributed by atoms with Gasteiger partial charge in [-0.1, -0.05) is 36.4 Å². The van der Waals surface area contributed by atoms with E-state index in [-0.39, 0.29) is 22.8 Å². The molecule has 0 heterocycles. The highest BCUT2D eigenvalue weighted by atomic mass is 32.2. The van der Waals surface area contributed by atoms with Crippen LogP contribution in [0.3, 0.4) is 0 Å². The van der Waals surface area contributed by atoms with Crippen LogP contribution in [0.4, 0.5) is 5.69 Å². The van der Waals surface area contributed by atoms with Gasteiger partial charge in [0.2, 0.25) is 0 Å². The van der Waals surface area contributed by atoms with Gasteiger partial charge in [-0.25, -0.2) is 8.42 Å². The summed E-state index contributed by atoms with van der Waals surface area (Å²) in [5.41, 5.74) is 2.31. The van der Waals surface area contributed by atoms with E-state index in [1.807, 2.05) is 17.0 Å². The van der Waals surface area contributed by atoms with Crippen LogP contribution in [0.5, 0.6) is 0 Å². The molecule has 8 heteroatoms. The minimum Gasteiger partial charge on any atom is -0.349 e. The lowest BCUT2D eigenvalue weighted by Gasteiger charge is -2.23. The fourth-order valence-electron chi connectivity index (χ4n) is 3.90. The van der Waals surface area contributed by atoms with E-state index < -0.39 is 10.0 Å². The lowest BCUT2D eigenvalue weighted by atomic mass is 10.1. The van der Waals surface area contributed by atoms with Crippen LogP contribution in [-0.4, -0.2) is 37.2 Å². The Morgan fingerprint density at radius 1 is 0.829 bits per heavy atom. The largest absolute Gasteiger partial charge is 0.349 e. The first-order valence-electron chi connectivity index (χ1n) is 11.8. The summed E-state index contributed by atoms with van der Waals surface area (Å²) in [5, 5.41) is 2.98. The number of rotatable bonds is 9. The minimum atomic E-state index is -3.75. The zero-order valence-corrected chi connectivity index (χ0v) is 20.0. The average molecular weight is 490 g/mol. The number of nitrogens with one attached hydrogen (secondary N) is 2. The highest BCUT2D eigenvalue weighted by Crippen LogP contribution is 2.30. The van der Waals surface area contributed by atoms with Gasteiger partial charge in [-0.2, -0.15) is 0 Å². The molecule has 2 aliphatic rings. The maximum atomic E-state index is 13.4. The number of anilines is 1. The normalized spacial score (nSPS) is 15.3. The third kappa shape index (κ3) is 5.71. The summed E-state index contributed by atoms with van der Waals surface area (Å²) in [6, 6.07) is 22.5. The van der Waals surface area contributed by atoms with Gasteiger partial charge in [-0.3, -0.25) is 14.3 Å². The van der Waals surface area contributed by atoms with Crippen molar-refractivity contribution in [2.45, 2.75) is 49.2 Å². The Morgan fingerprint density at radius 2 is 1.54 bits per heavy atom. The van der Waals surface area contributed by atoms with Crippen LogP contribution in [-0.2, 0) is 16.6 Å². The number of hydrogen-bond donors (Lipinski definition) is 2. The first kappa shape index (κ1) is 23.1. The molecule has 2 N–H and O–H groups in total. The summed E-state index contributed by atoms with van der Waals surface area (Å²) in [6.45, 7) is 0.425. The van der Waals surface area contributed by atoms with Crippen molar-refractivity contribution in [3.63, 3.8) is 0 Å². The fraction of sp³-hybridized carbons (Fsp3) is 0.259. The minimum absolute atomic E-state index is 0.0658. The van der Waals surface area contributed by atoms with E-state index in [0.29, 0.717) is 29.4 Å². The van der Waals surface area contributed by atoms with Gasteiger partial charge in [0, 0.05) is 35.4 Å². The summed E-state index contributed by atoms with van der Waals surface area (Å²) in [4.78, 5) is 27.6. The molecule has 180 valence electrons. The van der Waals surface area contributed by atoms with Crippen LogP contribution in [0.25, 0.3) is 0 Å². The second-order valence-corrected chi connectivity index (χ2v) is 10.8. The van der Waals surface area contributed by atoms with Gasteiger partial charge in [0.15, 0.2) is 0 Å². The molecular formula is C27H27N3O4S. The number of benzene rings is 3. The van der Waals surface area contributed by atoms with E-state index >= 15 is 0 Å². The number of nitrogens with zero attached hydrogens (tertiary/aromatic N) is 1. The Morgan fingerprint density at radius 3 is 2.20 bits per heavy atom. The Bertz CT molecular complexity index is 1330. The summed E-state index contributed by atoms with van der Waals surface area (Å²) < 4.78 is 27.9. The quantitative estimate of drug-likeness (QED) is 0.471. The highest BCUT2D eigenvalue weighted by molar-refractivity contribution is 7.92. The number of amides is 2. The molecule has 0 unspecified atom stereocenters. The molecule has 3 aromatic carbocycles. The Labute approximate surface area is 205 Å². The average Bonchev–Trinajstić information content (AvgIpc) is 3.79. The number of carbonyl (C=O) groups excluding carboxylic acids is 2. The van der Waals surface area contributed by atoms with Gasteiger partial charge < -0.3 is 10.2 Å². The second kappa shape index (κ2) is 9.54. The molecule has 2 fully saturated rings. The van der Waals surface area contributed by atoms with Crippen LogP contribution in [0.2, 0.25) is 0 Å². The summed E-state index contributed by atoms with van der Waals surface area (Å²) in [7, 11) is -3.75. The van der Waals surface area contributed by atoms with Crippen molar-refractivity contribution in [2.75, 3.05) is 4.72 Å². The standard InChI is InChI=1S/C27H27N3O4S/c31-26(28-22-13-14-22)20-11-9-19(10-12-20)18-30(24-15-16-24)27(32)21-5-4-6-23(17-21)29-35(33,34)25-7-2-1-3-8-25/h1-12,17,22,24,29H,13-16,18H2,(H,28,31). The number of hydrogen-bond acceptors (Lipinski definition) is 4. The van der Waals surface area contributed by atoms with Gasteiger partial charge in [0.25, 0.3) is 21.8 Å². The first-order valence-corrected chi connectivity index (χ1v) is 13.3. The molecule has 2 saturated carbocycles. The number of carbonyl (C=O) groups is 2. The van der Waals surface area contributed by atoms with E-state index in [0.717, 1.165) is 31.2 Å². The predicted molar refractivity (Wildman–Crippen MR) is 134 cm³/mol. The van der Waals surface area contributed by atoms with Gasteiger partial charge in [-0.05, 0) is 73.7 Å². The Hall–Kier alpha value is -3.65. The molecule has 0 saturated heterocycles. The molecular weight excluding hydrogens is 462 g/mol. The molecule has 0 spiro atoms. The van der Waals surface area contributed by atoms with Crippen molar-refractivity contribution in [1.29, 1.82) is 0 Å². The molecule has 0 aliphatic heterocycles. The first-order chi connectivity index (χ1) is 16.9. The SMILES string of the molecule is O=C(NC1CC1)c1ccc(CN(C(=O)c2cccc(NS(=O)(=O)c3ccccc3)c2)C2CC2)cc1. The van der Waals surface area contributed by atoms with Crippen molar-refractivity contribution in [3.05, 3.63) is 95.6 Å². The monoisotopic (exact) mass is 489 g/mol. The van der Waals surface area contributed by atoms with Gasteiger partial charge in [-0.15, -0.1) is 0 Å². The molecule has 0 bridgehead atoms.